The highest BCUT2D eigenvalue weighted by molar-refractivity contribution is 5.45. The number of hydrogen-bond acceptors (Lipinski definition) is 2. The molecule has 0 saturated carbocycles. The first kappa shape index (κ1) is 9.24. The van der Waals surface area contributed by atoms with Crippen molar-refractivity contribution in [3.63, 3.8) is 0 Å². The number of nitrogens with zero attached hydrogens (tertiary/aromatic N) is 3. The Kier molecular flexibility index (Phi) is 2.52. The number of nitrogens with one attached hydrogen (secondary N) is 1. The van der Waals surface area contributed by atoms with Crippen LogP contribution in [0.3, 0.4) is 0 Å². The number of unbranched alkanes of at least 4 members (excludes halogenated alkanes) is 1. The van der Waals surface area contributed by atoms with Crippen molar-refractivity contribution in [1.82, 2.24) is 19.8 Å². The summed E-state index contributed by atoms with van der Waals surface area (Å²) in [5.74, 6) is 1.01. The maximum absolute atomic E-state index is 4.31. The molecule has 0 atom stereocenters. The molecule has 2 aromatic rings. The van der Waals surface area contributed by atoms with Crippen molar-refractivity contribution in [3.8, 4) is 0 Å². The van der Waals surface area contributed by atoms with Crippen molar-refractivity contribution in [2.75, 3.05) is 0 Å². The van der Waals surface area contributed by atoms with E-state index >= 15 is 0 Å². The number of hydrogen-bond donors (Lipinski definition) is 1. The van der Waals surface area contributed by atoms with Crippen LogP contribution in [0, 0.1) is 0 Å². The summed E-state index contributed by atoms with van der Waals surface area (Å²) in [6, 6.07) is 0. The van der Waals surface area contributed by atoms with Gasteiger partial charge in [0.25, 0.3) is 0 Å². The highest BCUT2D eigenvalue weighted by atomic mass is 15.5. The molecule has 4 nitrogen and oxygen atoms in total. The molecule has 0 radical (unpaired) electrons. The maximum Gasteiger partial charge on any atom is 0.158 e. The van der Waals surface area contributed by atoms with Crippen molar-refractivity contribution < 1.29 is 0 Å². The van der Waals surface area contributed by atoms with Crippen LogP contribution in [-0.4, -0.2) is 19.8 Å². The van der Waals surface area contributed by atoms with Crippen molar-refractivity contribution in [3.05, 3.63) is 17.6 Å². The van der Waals surface area contributed by atoms with E-state index in [1.165, 1.54) is 18.4 Å². The van der Waals surface area contributed by atoms with Gasteiger partial charge in [-0.2, -0.15) is 5.10 Å². The van der Waals surface area contributed by atoms with Gasteiger partial charge >= 0.3 is 0 Å². The van der Waals surface area contributed by atoms with Crippen molar-refractivity contribution in [2.45, 2.75) is 39.5 Å². The van der Waals surface area contributed by atoms with Crippen LogP contribution in [0.5, 0.6) is 0 Å². The Morgan fingerprint density at radius 3 is 3.00 bits per heavy atom. The first-order valence-corrected chi connectivity index (χ1v) is 5.27. The van der Waals surface area contributed by atoms with Gasteiger partial charge in [0.05, 0.1) is 6.20 Å². The summed E-state index contributed by atoms with van der Waals surface area (Å²) in [5, 5.41) is 8.52. The highest BCUT2D eigenvalue weighted by Gasteiger charge is 2.07. The van der Waals surface area contributed by atoms with Crippen LogP contribution in [0.1, 0.15) is 38.1 Å². The van der Waals surface area contributed by atoms with Crippen LogP contribution in [0.25, 0.3) is 5.65 Å². The van der Waals surface area contributed by atoms with Gasteiger partial charge in [-0.1, -0.05) is 20.3 Å². The van der Waals surface area contributed by atoms with Crippen LogP contribution in [0.2, 0.25) is 0 Å². The van der Waals surface area contributed by atoms with Crippen LogP contribution in [0.15, 0.2) is 6.20 Å². The topological polar surface area (TPSA) is 46.0 Å². The van der Waals surface area contributed by atoms with Crippen molar-refractivity contribution >= 4 is 5.65 Å². The molecule has 0 amide bonds. The van der Waals surface area contributed by atoms with Crippen LogP contribution < -0.4 is 0 Å². The number of aromatic nitrogens is 4. The highest BCUT2D eigenvalue weighted by Crippen LogP contribution is 2.11. The number of H-pyrrole nitrogens is 1. The summed E-state index contributed by atoms with van der Waals surface area (Å²) < 4.78 is 1.70. The molecular formula is C10H16N4. The van der Waals surface area contributed by atoms with Crippen LogP contribution in [0.4, 0.5) is 0 Å². The average Bonchev–Trinajstić information content (AvgIpc) is 2.74. The second kappa shape index (κ2) is 3.82. The third kappa shape index (κ3) is 1.52. The average molecular weight is 192 g/mol. The van der Waals surface area contributed by atoms with Gasteiger partial charge in [0.15, 0.2) is 5.65 Å². The molecule has 0 aliphatic carbocycles. The van der Waals surface area contributed by atoms with E-state index in [1.54, 1.807) is 4.63 Å². The molecule has 0 bridgehead atoms. The van der Waals surface area contributed by atoms with E-state index < -0.39 is 0 Å². The van der Waals surface area contributed by atoms with Crippen LogP contribution >= 0.6 is 0 Å². The van der Waals surface area contributed by atoms with Gasteiger partial charge in [0.2, 0.25) is 0 Å². The summed E-state index contributed by atoms with van der Waals surface area (Å²) >= 11 is 0. The van der Waals surface area contributed by atoms with Gasteiger partial charge in [-0.05, 0) is 12.8 Å². The lowest BCUT2D eigenvalue weighted by atomic mass is 10.1. The number of aryl methyl sites for hydroxylation is 2. The Hall–Kier alpha value is -1.32. The standard InChI is InChI=1S/C10H16N4/c1-3-5-6-8-7-11-14-10(8)12-9(4-2)13-14/h7H,3-6H2,1-2H3,(H,12,13). The normalized spacial score (nSPS) is 11.3. The van der Waals surface area contributed by atoms with Crippen molar-refractivity contribution in [2.24, 2.45) is 0 Å². The molecule has 4 heteroatoms. The zero-order valence-corrected chi connectivity index (χ0v) is 8.75. The molecule has 0 unspecified atom stereocenters. The van der Waals surface area contributed by atoms with Gasteiger partial charge in [-0.15, -0.1) is 9.73 Å². The third-order valence-electron chi connectivity index (χ3n) is 2.44. The maximum atomic E-state index is 4.31. The van der Waals surface area contributed by atoms with Gasteiger partial charge < -0.3 is 4.98 Å². The predicted molar refractivity (Wildman–Crippen MR) is 55.3 cm³/mol. The summed E-state index contributed by atoms with van der Waals surface area (Å²) in [6.07, 6.45) is 6.35. The Morgan fingerprint density at radius 1 is 1.43 bits per heavy atom. The minimum absolute atomic E-state index is 0.927. The quantitative estimate of drug-likeness (QED) is 0.805. The first-order chi connectivity index (χ1) is 6.85. The molecular weight excluding hydrogens is 176 g/mol. The van der Waals surface area contributed by atoms with Gasteiger partial charge in [0, 0.05) is 12.0 Å². The molecule has 0 spiro atoms. The summed E-state index contributed by atoms with van der Waals surface area (Å²) in [4.78, 5) is 3.29. The Morgan fingerprint density at radius 2 is 2.29 bits per heavy atom. The zero-order valence-electron chi connectivity index (χ0n) is 8.75. The molecule has 14 heavy (non-hydrogen) atoms. The van der Waals surface area contributed by atoms with E-state index in [-0.39, 0.29) is 0 Å². The van der Waals surface area contributed by atoms with Gasteiger partial charge in [-0.3, -0.25) is 0 Å². The van der Waals surface area contributed by atoms with Gasteiger partial charge in [-0.25, -0.2) is 0 Å². The molecule has 2 heterocycles. The first-order valence-electron chi connectivity index (χ1n) is 5.27. The molecule has 0 saturated heterocycles. The van der Waals surface area contributed by atoms with E-state index in [9.17, 15) is 0 Å². The number of rotatable bonds is 4. The molecule has 76 valence electrons. The lowest BCUT2D eigenvalue weighted by molar-refractivity contribution is 0.788. The smallest absolute Gasteiger partial charge is 0.158 e. The fraction of sp³-hybridized carbons (Fsp3) is 0.600. The molecule has 0 aliphatic heterocycles. The van der Waals surface area contributed by atoms with E-state index in [1.807, 2.05) is 6.20 Å². The lowest BCUT2D eigenvalue weighted by Crippen LogP contribution is -1.87. The monoisotopic (exact) mass is 192 g/mol. The Balaban J connectivity index is 2.30. The van der Waals surface area contributed by atoms with E-state index in [2.05, 4.69) is 29.0 Å². The van der Waals surface area contributed by atoms with Crippen molar-refractivity contribution in [1.29, 1.82) is 0 Å². The molecule has 0 aliphatic rings. The van der Waals surface area contributed by atoms with Gasteiger partial charge in [0.1, 0.15) is 5.82 Å². The second-order valence-corrected chi connectivity index (χ2v) is 3.54. The fourth-order valence-electron chi connectivity index (χ4n) is 1.56. The number of aromatic amines is 1. The Bertz CT molecular complexity index is 413. The fourth-order valence-corrected chi connectivity index (χ4v) is 1.56. The van der Waals surface area contributed by atoms with Crippen LogP contribution in [-0.2, 0) is 12.8 Å². The largest absolute Gasteiger partial charge is 0.325 e. The predicted octanol–water partition coefficient (Wildman–Crippen LogP) is 1.96. The SMILES string of the molecule is CCCCc1cnn2nc(CC)[nH]c12. The molecule has 0 fully saturated rings. The molecule has 2 rings (SSSR count). The second-order valence-electron chi connectivity index (χ2n) is 3.54. The zero-order chi connectivity index (χ0) is 9.97. The third-order valence-corrected chi connectivity index (χ3v) is 2.44. The van der Waals surface area contributed by atoms with E-state index in [4.69, 9.17) is 0 Å². The summed E-state index contributed by atoms with van der Waals surface area (Å²) in [5.41, 5.74) is 2.34. The minimum Gasteiger partial charge on any atom is -0.325 e. The Labute approximate surface area is 83.3 Å². The molecule has 1 N–H and O–H groups in total. The van der Waals surface area contributed by atoms with E-state index in [0.717, 1.165) is 24.3 Å². The molecule has 0 aromatic carbocycles. The minimum atomic E-state index is 0.927. The van der Waals surface area contributed by atoms with E-state index in [0.29, 0.717) is 0 Å². The lowest BCUT2D eigenvalue weighted by Gasteiger charge is -1.92. The molecule has 2 aromatic heterocycles. The summed E-state index contributed by atoms with van der Waals surface area (Å²) in [7, 11) is 0. The summed E-state index contributed by atoms with van der Waals surface area (Å²) in [6.45, 7) is 4.29. The number of fused-ring (bicyclic) bond motifs is 1.